The molecule has 4 heteroatoms. The molecule has 0 bridgehead atoms. The number of pyridine rings is 1. The van der Waals surface area contributed by atoms with Crippen molar-refractivity contribution in [1.82, 2.24) is 14.5 Å². The summed E-state index contributed by atoms with van der Waals surface area (Å²) in [5, 5.41) is 0. The highest BCUT2D eigenvalue weighted by atomic mass is 16.5. The summed E-state index contributed by atoms with van der Waals surface area (Å²) < 4.78 is 7.56. The largest absolute Gasteiger partial charge is 0.496 e. The molecule has 0 N–H and O–H groups in total. The highest BCUT2D eigenvalue weighted by Gasteiger charge is 2.15. The van der Waals surface area contributed by atoms with Crippen molar-refractivity contribution in [1.29, 1.82) is 0 Å². The van der Waals surface area contributed by atoms with Crippen LogP contribution in [0.3, 0.4) is 0 Å². The van der Waals surface area contributed by atoms with Gasteiger partial charge in [-0.3, -0.25) is 0 Å². The van der Waals surface area contributed by atoms with E-state index in [1.807, 2.05) is 42.7 Å². The van der Waals surface area contributed by atoms with Crippen LogP contribution in [0.15, 0.2) is 67.0 Å². The Labute approximate surface area is 147 Å². The predicted octanol–water partition coefficient (Wildman–Crippen LogP) is 4.42. The average molecular weight is 329 g/mol. The van der Waals surface area contributed by atoms with Gasteiger partial charge in [0.1, 0.15) is 11.4 Å². The highest BCUT2D eigenvalue weighted by molar-refractivity contribution is 5.70. The lowest BCUT2D eigenvalue weighted by atomic mass is 10.1. The van der Waals surface area contributed by atoms with Crippen LogP contribution in [0.5, 0.6) is 5.75 Å². The molecule has 0 spiro atoms. The summed E-state index contributed by atoms with van der Waals surface area (Å²) in [7, 11) is 1.66. The molecule has 0 saturated heterocycles. The number of aryl methyl sites for hydroxylation is 1. The number of methoxy groups -OCH3 is 1. The van der Waals surface area contributed by atoms with Gasteiger partial charge in [0.25, 0.3) is 0 Å². The normalized spacial score (nSPS) is 11.0. The number of benzene rings is 2. The van der Waals surface area contributed by atoms with Crippen LogP contribution in [-0.2, 0) is 6.54 Å². The average Bonchev–Trinajstić information content (AvgIpc) is 3.05. The molecule has 0 radical (unpaired) electrons. The zero-order chi connectivity index (χ0) is 17.2. The molecule has 0 amide bonds. The molecule has 25 heavy (non-hydrogen) atoms. The molecule has 0 saturated carbocycles. The van der Waals surface area contributed by atoms with E-state index in [-0.39, 0.29) is 0 Å². The van der Waals surface area contributed by atoms with E-state index in [4.69, 9.17) is 9.72 Å². The number of nitrogens with zero attached hydrogens (tertiary/aromatic N) is 3. The molecule has 4 nitrogen and oxygen atoms in total. The first-order valence-electron chi connectivity index (χ1n) is 8.25. The molecule has 2 aromatic carbocycles. The number of ether oxygens (including phenoxy) is 1. The smallest absolute Gasteiger partial charge is 0.164 e. The minimum atomic E-state index is 0.695. The van der Waals surface area contributed by atoms with Gasteiger partial charge in [0.2, 0.25) is 0 Å². The molecule has 0 aliphatic carbocycles. The monoisotopic (exact) mass is 329 g/mol. The minimum Gasteiger partial charge on any atom is -0.496 e. The minimum absolute atomic E-state index is 0.695. The molecule has 4 rings (SSSR count). The summed E-state index contributed by atoms with van der Waals surface area (Å²) in [6.45, 7) is 2.92. The van der Waals surface area contributed by atoms with Crippen molar-refractivity contribution in [2.45, 2.75) is 13.5 Å². The van der Waals surface area contributed by atoms with Crippen molar-refractivity contribution in [2.75, 3.05) is 7.11 Å². The fraction of sp³-hybridized carbons (Fsp3) is 0.143. The topological polar surface area (TPSA) is 39.9 Å². The molecule has 124 valence electrons. The van der Waals surface area contributed by atoms with Crippen molar-refractivity contribution in [2.24, 2.45) is 0 Å². The van der Waals surface area contributed by atoms with Gasteiger partial charge in [0, 0.05) is 18.9 Å². The van der Waals surface area contributed by atoms with E-state index >= 15 is 0 Å². The Kier molecular flexibility index (Phi) is 3.94. The van der Waals surface area contributed by atoms with Gasteiger partial charge >= 0.3 is 0 Å². The first-order valence-corrected chi connectivity index (χ1v) is 8.25. The third-order valence-electron chi connectivity index (χ3n) is 4.22. The summed E-state index contributed by atoms with van der Waals surface area (Å²) in [4.78, 5) is 9.35. The van der Waals surface area contributed by atoms with Gasteiger partial charge < -0.3 is 9.30 Å². The maximum Gasteiger partial charge on any atom is 0.164 e. The summed E-state index contributed by atoms with van der Waals surface area (Å²) in [5.41, 5.74) is 5.23. The molecule has 2 aliphatic rings. The molecule has 2 aromatic rings. The quantitative estimate of drug-likeness (QED) is 0.556. The van der Waals surface area contributed by atoms with E-state index in [2.05, 4.69) is 40.7 Å². The number of aromatic nitrogens is 3. The van der Waals surface area contributed by atoms with Crippen molar-refractivity contribution >= 4 is 0 Å². The van der Waals surface area contributed by atoms with Gasteiger partial charge in [-0.25, -0.2) is 9.97 Å². The van der Waals surface area contributed by atoms with E-state index in [9.17, 15) is 0 Å². The van der Waals surface area contributed by atoms with Crippen LogP contribution < -0.4 is 4.74 Å². The summed E-state index contributed by atoms with van der Waals surface area (Å²) in [5.74, 6) is 1.48. The zero-order valence-electron chi connectivity index (χ0n) is 14.3. The Morgan fingerprint density at radius 3 is 2.64 bits per heavy atom. The fourth-order valence-corrected chi connectivity index (χ4v) is 3.02. The Morgan fingerprint density at radius 1 is 0.960 bits per heavy atom. The Morgan fingerprint density at radius 2 is 1.80 bits per heavy atom. The van der Waals surface area contributed by atoms with Crippen LogP contribution in [0.4, 0.5) is 0 Å². The van der Waals surface area contributed by atoms with Crippen molar-refractivity contribution in [3.05, 3.63) is 78.1 Å². The van der Waals surface area contributed by atoms with Crippen LogP contribution >= 0.6 is 0 Å². The SMILES string of the molecule is COc1ccccc1-c1nc2ccn(Cc3cccc(C)c3)cc-2n1. The van der Waals surface area contributed by atoms with Gasteiger partial charge in [0.15, 0.2) is 5.82 Å². The van der Waals surface area contributed by atoms with Crippen LogP contribution in [0.2, 0.25) is 0 Å². The number of hydrogen-bond acceptors (Lipinski definition) is 3. The first kappa shape index (κ1) is 15.4. The fourth-order valence-electron chi connectivity index (χ4n) is 3.02. The van der Waals surface area contributed by atoms with E-state index in [0.717, 1.165) is 29.2 Å². The summed E-state index contributed by atoms with van der Waals surface area (Å²) in [6.07, 6.45) is 4.09. The number of imidazole rings is 1. The lowest BCUT2D eigenvalue weighted by Gasteiger charge is -2.08. The van der Waals surface area contributed by atoms with E-state index in [1.165, 1.54) is 11.1 Å². The second-order valence-electron chi connectivity index (χ2n) is 6.12. The van der Waals surface area contributed by atoms with Crippen LogP contribution in [0.1, 0.15) is 11.1 Å². The Bertz CT molecular complexity index is 990. The molecule has 0 aromatic heterocycles. The number of fused-ring (bicyclic) bond motifs is 1. The number of para-hydroxylation sites is 1. The van der Waals surface area contributed by atoms with E-state index < -0.39 is 0 Å². The third kappa shape index (κ3) is 3.11. The van der Waals surface area contributed by atoms with Gasteiger partial charge in [-0.15, -0.1) is 0 Å². The molecule has 2 aliphatic heterocycles. The highest BCUT2D eigenvalue weighted by Crippen LogP contribution is 2.30. The number of rotatable bonds is 4. The van der Waals surface area contributed by atoms with Crippen molar-refractivity contribution in [3.63, 3.8) is 0 Å². The maximum atomic E-state index is 5.42. The standard InChI is InChI=1S/C21H19N3O/c1-15-6-5-7-16(12-15)13-24-11-10-18-19(14-24)23-21(22-18)17-8-3-4-9-20(17)25-2/h3-12,14H,13H2,1-2H3. The lowest BCUT2D eigenvalue weighted by Crippen LogP contribution is -2.01. The molecule has 0 fully saturated rings. The summed E-state index contributed by atoms with van der Waals surface area (Å²) >= 11 is 0. The van der Waals surface area contributed by atoms with Gasteiger partial charge in [-0.2, -0.15) is 0 Å². The van der Waals surface area contributed by atoms with Gasteiger partial charge in [-0.1, -0.05) is 42.0 Å². The van der Waals surface area contributed by atoms with Gasteiger partial charge in [-0.05, 0) is 30.7 Å². The number of hydrogen-bond donors (Lipinski definition) is 0. The molecule has 0 unspecified atom stereocenters. The van der Waals surface area contributed by atoms with E-state index in [0.29, 0.717) is 5.82 Å². The lowest BCUT2D eigenvalue weighted by molar-refractivity contribution is 0.416. The van der Waals surface area contributed by atoms with Crippen molar-refractivity contribution in [3.8, 4) is 28.5 Å². The van der Waals surface area contributed by atoms with Crippen molar-refractivity contribution < 1.29 is 4.74 Å². The van der Waals surface area contributed by atoms with Crippen LogP contribution in [0.25, 0.3) is 22.8 Å². The maximum absolute atomic E-state index is 5.42. The van der Waals surface area contributed by atoms with Crippen LogP contribution in [-0.4, -0.2) is 21.6 Å². The zero-order valence-corrected chi connectivity index (χ0v) is 14.3. The third-order valence-corrected chi connectivity index (χ3v) is 4.22. The van der Waals surface area contributed by atoms with E-state index in [1.54, 1.807) is 7.11 Å². The molecule has 0 atom stereocenters. The first-order chi connectivity index (χ1) is 12.2. The van der Waals surface area contributed by atoms with Crippen LogP contribution in [0, 0.1) is 6.92 Å². The second-order valence-corrected chi connectivity index (χ2v) is 6.12. The predicted molar refractivity (Wildman–Crippen MR) is 98.9 cm³/mol. The second kappa shape index (κ2) is 6.40. The molecular weight excluding hydrogens is 310 g/mol. The summed E-state index contributed by atoms with van der Waals surface area (Å²) in [6, 6.07) is 18.4. The van der Waals surface area contributed by atoms with Gasteiger partial charge in [0.05, 0.1) is 18.4 Å². The molecular formula is C21H19N3O. The molecule has 2 heterocycles. The Hall–Kier alpha value is -3.14. The Balaban J connectivity index is 1.69.